The molecule has 158 valence electrons. The van der Waals surface area contributed by atoms with Gasteiger partial charge in [-0.1, -0.05) is 0 Å². The molecule has 2 aromatic heterocycles. The lowest BCUT2D eigenvalue weighted by Crippen LogP contribution is -2.33. The number of aliphatic hydroxyl groups excluding tert-OH is 3. The monoisotopic (exact) mass is 415 g/mol. The number of nitrogens with one attached hydrogen (secondary N) is 1. The van der Waals surface area contributed by atoms with Gasteiger partial charge in [-0.3, -0.25) is 4.57 Å². The fourth-order valence-corrected chi connectivity index (χ4v) is 3.14. The Labute approximate surface area is 170 Å². The van der Waals surface area contributed by atoms with Gasteiger partial charge in [0.1, 0.15) is 29.6 Å². The lowest BCUT2D eigenvalue weighted by molar-refractivity contribution is -0.0511. The summed E-state index contributed by atoms with van der Waals surface area (Å²) < 4.78 is 12.1. The number of nitrogens with two attached hydrogens (primary N) is 1. The Bertz CT molecular complexity index is 1060. The van der Waals surface area contributed by atoms with Gasteiger partial charge in [-0.2, -0.15) is 15.1 Å². The maximum absolute atomic E-state index is 10.3. The highest BCUT2D eigenvalue weighted by molar-refractivity contribution is 5.83. The summed E-state index contributed by atoms with van der Waals surface area (Å²) in [6.07, 6.45) is -1.49. The van der Waals surface area contributed by atoms with E-state index in [1.54, 1.807) is 25.5 Å². The highest BCUT2D eigenvalue weighted by Crippen LogP contribution is 2.32. The third-order valence-electron chi connectivity index (χ3n) is 4.73. The minimum Gasteiger partial charge on any atom is -0.497 e. The Kier molecular flexibility index (Phi) is 5.46. The van der Waals surface area contributed by atoms with Crippen molar-refractivity contribution >= 4 is 29.1 Å². The Morgan fingerprint density at radius 3 is 2.70 bits per heavy atom. The smallest absolute Gasteiger partial charge is 0.247 e. The van der Waals surface area contributed by atoms with Gasteiger partial charge in [0.25, 0.3) is 0 Å². The highest BCUT2D eigenvalue weighted by atomic mass is 16.6. The minimum atomic E-state index is -1.28. The molecular weight excluding hydrogens is 394 g/mol. The summed E-state index contributed by atoms with van der Waals surface area (Å²) in [5.74, 6) is 0.950. The second-order valence-electron chi connectivity index (χ2n) is 6.63. The molecule has 3 aromatic rings. The van der Waals surface area contributed by atoms with E-state index in [1.165, 1.54) is 10.9 Å². The predicted molar refractivity (Wildman–Crippen MR) is 107 cm³/mol. The summed E-state index contributed by atoms with van der Waals surface area (Å²) in [7, 11) is 1.59. The fraction of sp³-hybridized carbons (Fsp3) is 0.333. The van der Waals surface area contributed by atoms with E-state index in [1.807, 2.05) is 12.1 Å². The van der Waals surface area contributed by atoms with Crippen molar-refractivity contribution in [3.63, 3.8) is 0 Å². The van der Waals surface area contributed by atoms with Gasteiger partial charge < -0.3 is 30.5 Å². The van der Waals surface area contributed by atoms with Crippen LogP contribution in [0.1, 0.15) is 11.8 Å². The Morgan fingerprint density at radius 1 is 1.27 bits per heavy atom. The quantitative estimate of drug-likeness (QED) is 0.260. The number of fused-ring (bicyclic) bond motifs is 1. The summed E-state index contributed by atoms with van der Waals surface area (Å²) in [4.78, 5) is 12.6. The van der Waals surface area contributed by atoms with Gasteiger partial charge in [-0.15, -0.1) is 0 Å². The van der Waals surface area contributed by atoms with E-state index in [0.717, 1.165) is 11.3 Å². The Morgan fingerprint density at radius 2 is 2.03 bits per heavy atom. The van der Waals surface area contributed by atoms with Crippen LogP contribution in [-0.4, -0.2) is 73.1 Å². The lowest BCUT2D eigenvalue weighted by Gasteiger charge is -2.16. The number of anilines is 2. The van der Waals surface area contributed by atoms with Crippen molar-refractivity contribution < 1.29 is 24.8 Å². The van der Waals surface area contributed by atoms with Gasteiger partial charge in [-0.25, -0.2) is 10.4 Å². The number of aromatic nitrogens is 4. The first kappa shape index (κ1) is 20.0. The molecule has 4 rings (SSSR count). The number of imidazole rings is 1. The molecular formula is C18H21N7O5. The van der Waals surface area contributed by atoms with Crippen LogP contribution in [0.3, 0.4) is 0 Å². The number of nitrogens with zero attached hydrogens (tertiary/aromatic N) is 5. The van der Waals surface area contributed by atoms with Gasteiger partial charge in [-0.05, 0) is 29.8 Å². The van der Waals surface area contributed by atoms with Crippen LogP contribution in [-0.2, 0) is 4.74 Å². The first-order valence-electron chi connectivity index (χ1n) is 9.07. The van der Waals surface area contributed by atoms with Gasteiger partial charge >= 0.3 is 0 Å². The second kappa shape index (κ2) is 8.20. The Hall–Kier alpha value is -3.32. The third-order valence-corrected chi connectivity index (χ3v) is 4.73. The van der Waals surface area contributed by atoms with Crippen LogP contribution in [0.15, 0.2) is 35.7 Å². The van der Waals surface area contributed by atoms with E-state index in [4.69, 9.17) is 15.2 Å². The summed E-state index contributed by atoms with van der Waals surface area (Å²) >= 11 is 0. The average Bonchev–Trinajstić information content (AvgIpc) is 3.30. The van der Waals surface area contributed by atoms with Crippen LogP contribution in [0.5, 0.6) is 5.75 Å². The molecule has 4 atom stereocenters. The molecule has 0 radical (unpaired) electrons. The third kappa shape index (κ3) is 3.64. The SMILES string of the molecule is COc1ccc(C=NNc2nc(N)c3ncn([C@@H]4O[C@H](CO)C(O)C4O)c3n2)cc1. The maximum Gasteiger partial charge on any atom is 0.247 e. The van der Waals surface area contributed by atoms with Gasteiger partial charge in [0.05, 0.1) is 26.3 Å². The molecule has 0 amide bonds. The van der Waals surface area contributed by atoms with Crippen molar-refractivity contribution in [2.45, 2.75) is 24.5 Å². The number of rotatable bonds is 6. The molecule has 6 N–H and O–H groups in total. The number of hydrazone groups is 1. The minimum absolute atomic E-state index is 0.104. The molecule has 12 heteroatoms. The standard InChI is InChI=1S/C18H21N7O5/c1-29-10-4-2-9(3-5-10)6-21-24-18-22-15(19)12-16(23-18)25(8-20-12)17-14(28)13(27)11(7-26)30-17/h2-6,8,11,13-14,17,26-28H,7H2,1H3,(H3,19,22,23,24)/t11-,13?,14?,17-/m1/s1. The summed E-state index contributed by atoms with van der Waals surface area (Å²) in [6.45, 7) is -0.439. The molecule has 1 saturated heterocycles. The normalized spacial score (nSPS) is 24.0. The number of methoxy groups -OCH3 is 1. The predicted octanol–water partition coefficient (Wildman–Crippen LogP) is -0.525. The van der Waals surface area contributed by atoms with E-state index >= 15 is 0 Å². The van der Waals surface area contributed by atoms with Crippen molar-refractivity contribution in [1.82, 2.24) is 19.5 Å². The van der Waals surface area contributed by atoms with Crippen LogP contribution in [0.4, 0.5) is 11.8 Å². The largest absolute Gasteiger partial charge is 0.497 e. The molecule has 1 aliphatic heterocycles. The second-order valence-corrected chi connectivity index (χ2v) is 6.63. The summed E-state index contributed by atoms with van der Waals surface area (Å²) in [5, 5.41) is 33.7. The number of hydrogen-bond donors (Lipinski definition) is 5. The molecule has 12 nitrogen and oxygen atoms in total. The van der Waals surface area contributed by atoms with Gasteiger partial charge in [0.2, 0.25) is 5.95 Å². The molecule has 1 aliphatic rings. The van der Waals surface area contributed by atoms with Crippen molar-refractivity contribution in [3.8, 4) is 5.75 Å². The number of nitrogen functional groups attached to an aromatic ring is 1. The molecule has 1 aromatic carbocycles. The van der Waals surface area contributed by atoms with Crippen LogP contribution >= 0.6 is 0 Å². The first-order chi connectivity index (χ1) is 14.5. The van der Waals surface area contributed by atoms with Crippen molar-refractivity contribution in [2.75, 3.05) is 24.9 Å². The van der Waals surface area contributed by atoms with Gasteiger partial charge in [0, 0.05) is 0 Å². The molecule has 0 bridgehead atoms. The first-order valence-corrected chi connectivity index (χ1v) is 9.07. The van der Waals surface area contributed by atoms with Gasteiger partial charge in [0.15, 0.2) is 17.7 Å². The molecule has 2 unspecified atom stereocenters. The van der Waals surface area contributed by atoms with Crippen LogP contribution in [0.25, 0.3) is 11.2 Å². The number of hydrogen-bond acceptors (Lipinski definition) is 11. The van der Waals surface area contributed by atoms with Crippen LogP contribution in [0, 0.1) is 0 Å². The topological polar surface area (TPSA) is 173 Å². The molecule has 0 spiro atoms. The van der Waals surface area contributed by atoms with Crippen molar-refractivity contribution in [2.24, 2.45) is 5.10 Å². The van der Waals surface area contributed by atoms with E-state index in [-0.39, 0.29) is 17.4 Å². The lowest BCUT2D eigenvalue weighted by atomic mass is 10.1. The maximum atomic E-state index is 10.3. The Balaban J connectivity index is 1.58. The molecule has 0 aliphatic carbocycles. The van der Waals surface area contributed by atoms with Crippen LogP contribution in [0.2, 0.25) is 0 Å². The zero-order valence-corrected chi connectivity index (χ0v) is 16.0. The molecule has 30 heavy (non-hydrogen) atoms. The van der Waals surface area contributed by atoms with E-state index in [2.05, 4.69) is 25.5 Å². The number of benzene rings is 1. The van der Waals surface area contributed by atoms with Crippen LogP contribution < -0.4 is 15.9 Å². The summed E-state index contributed by atoms with van der Waals surface area (Å²) in [5.41, 5.74) is 10.1. The molecule has 1 fully saturated rings. The van der Waals surface area contributed by atoms with Crippen molar-refractivity contribution in [3.05, 3.63) is 36.2 Å². The van der Waals surface area contributed by atoms with E-state index in [9.17, 15) is 15.3 Å². The molecule has 0 saturated carbocycles. The number of ether oxygens (including phenoxy) is 2. The van der Waals surface area contributed by atoms with Crippen molar-refractivity contribution in [1.29, 1.82) is 0 Å². The molecule has 3 heterocycles. The highest BCUT2D eigenvalue weighted by Gasteiger charge is 2.44. The zero-order valence-electron chi connectivity index (χ0n) is 16.0. The fourth-order valence-electron chi connectivity index (χ4n) is 3.14. The van der Waals surface area contributed by atoms with E-state index in [0.29, 0.717) is 5.52 Å². The zero-order chi connectivity index (χ0) is 21.3. The number of aliphatic hydroxyl groups is 3. The summed E-state index contributed by atoms with van der Waals surface area (Å²) in [6, 6.07) is 7.28. The van der Waals surface area contributed by atoms with E-state index < -0.39 is 31.1 Å². The average molecular weight is 415 g/mol.